The Hall–Kier alpha value is -1.99. The summed E-state index contributed by atoms with van der Waals surface area (Å²) in [5, 5.41) is 7.16. The topological polar surface area (TPSA) is 71.8 Å². The number of hydrogen-bond acceptors (Lipinski definition) is 5. The lowest BCUT2D eigenvalue weighted by molar-refractivity contribution is -0.122. The minimum Gasteiger partial charge on any atom is -0.373 e. The van der Waals surface area contributed by atoms with Crippen LogP contribution in [0.1, 0.15) is 25.8 Å². The zero-order valence-electron chi connectivity index (χ0n) is 13.6. The molecule has 1 saturated heterocycles. The third kappa shape index (κ3) is 4.05. The van der Waals surface area contributed by atoms with E-state index in [1.165, 1.54) is 0 Å². The molecule has 0 aromatic carbocycles. The van der Waals surface area contributed by atoms with E-state index >= 15 is 0 Å². The van der Waals surface area contributed by atoms with Crippen molar-refractivity contribution in [3.63, 3.8) is 0 Å². The summed E-state index contributed by atoms with van der Waals surface area (Å²) in [5.74, 6) is 0.0482. The van der Waals surface area contributed by atoms with Gasteiger partial charge in [0.2, 0.25) is 5.91 Å². The van der Waals surface area contributed by atoms with Crippen molar-refractivity contribution in [2.45, 2.75) is 39.0 Å². The molecule has 2 aromatic rings. The van der Waals surface area contributed by atoms with Crippen LogP contribution in [-0.2, 0) is 16.1 Å². The molecule has 0 bridgehead atoms. The highest BCUT2D eigenvalue weighted by molar-refractivity contribution is 5.76. The SMILES string of the molecule is C[C@@H]1CN(CCC(=O)NCc2cnn3cccnc23)C[C@H](C)O1. The average Bonchev–Trinajstić information content (AvgIpc) is 2.93. The van der Waals surface area contributed by atoms with Gasteiger partial charge in [-0.1, -0.05) is 0 Å². The predicted molar refractivity (Wildman–Crippen MR) is 85.9 cm³/mol. The summed E-state index contributed by atoms with van der Waals surface area (Å²) in [6, 6.07) is 1.83. The van der Waals surface area contributed by atoms with Gasteiger partial charge >= 0.3 is 0 Å². The molecule has 23 heavy (non-hydrogen) atoms. The third-order valence-electron chi connectivity index (χ3n) is 3.98. The monoisotopic (exact) mass is 317 g/mol. The van der Waals surface area contributed by atoms with Crippen LogP contribution in [-0.4, -0.2) is 57.2 Å². The molecule has 2 atom stereocenters. The van der Waals surface area contributed by atoms with Gasteiger partial charge < -0.3 is 10.1 Å². The second kappa shape index (κ2) is 7.06. The largest absolute Gasteiger partial charge is 0.373 e. The van der Waals surface area contributed by atoms with Crippen molar-refractivity contribution >= 4 is 11.6 Å². The van der Waals surface area contributed by atoms with Gasteiger partial charge in [-0.05, 0) is 19.9 Å². The van der Waals surface area contributed by atoms with E-state index in [9.17, 15) is 4.79 Å². The standard InChI is InChI=1S/C16H23N5O2/c1-12-10-20(11-13(2)23-12)7-4-15(22)18-8-14-9-19-21-6-3-5-17-16(14)21/h3,5-6,9,12-13H,4,7-8,10-11H2,1-2H3,(H,18,22)/t12-,13+. The van der Waals surface area contributed by atoms with Crippen molar-refractivity contribution in [1.29, 1.82) is 0 Å². The van der Waals surface area contributed by atoms with Crippen LogP contribution in [0.5, 0.6) is 0 Å². The van der Waals surface area contributed by atoms with Crippen LogP contribution in [0.25, 0.3) is 5.65 Å². The van der Waals surface area contributed by atoms with E-state index in [4.69, 9.17) is 4.74 Å². The number of fused-ring (bicyclic) bond motifs is 1. The summed E-state index contributed by atoms with van der Waals surface area (Å²) in [6.45, 7) is 7.12. The maximum absolute atomic E-state index is 12.1. The number of hydrogen-bond donors (Lipinski definition) is 1. The van der Waals surface area contributed by atoms with E-state index < -0.39 is 0 Å². The maximum atomic E-state index is 12.1. The zero-order chi connectivity index (χ0) is 16.2. The number of carbonyl (C=O) groups is 1. The van der Waals surface area contributed by atoms with Gasteiger partial charge in [0.05, 0.1) is 18.4 Å². The first-order chi connectivity index (χ1) is 11.1. The lowest BCUT2D eigenvalue weighted by atomic mass is 10.2. The molecule has 0 spiro atoms. The minimum atomic E-state index is 0.0482. The van der Waals surface area contributed by atoms with Crippen molar-refractivity contribution < 1.29 is 9.53 Å². The van der Waals surface area contributed by atoms with Crippen LogP contribution < -0.4 is 5.32 Å². The van der Waals surface area contributed by atoms with Gasteiger partial charge in [-0.2, -0.15) is 5.10 Å². The fourth-order valence-electron chi connectivity index (χ4n) is 3.01. The molecule has 7 nitrogen and oxygen atoms in total. The highest BCUT2D eigenvalue weighted by atomic mass is 16.5. The van der Waals surface area contributed by atoms with Gasteiger partial charge in [0, 0.05) is 50.6 Å². The molecule has 0 radical (unpaired) electrons. The summed E-state index contributed by atoms with van der Waals surface area (Å²) >= 11 is 0. The Morgan fingerprint density at radius 2 is 2.17 bits per heavy atom. The van der Waals surface area contributed by atoms with E-state index in [0.29, 0.717) is 13.0 Å². The van der Waals surface area contributed by atoms with Crippen LogP contribution in [0.2, 0.25) is 0 Å². The molecule has 2 aromatic heterocycles. The van der Waals surface area contributed by atoms with Gasteiger partial charge in [0.1, 0.15) is 0 Å². The summed E-state index contributed by atoms with van der Waals surface area (Å²) in [6.07, 6.45) is 6.26. The van der Waals surface area contributed by atoms with Crippen LogP contribution in [0.3, 0.4) is 0 Å². The molecule has 3 heterocycles. The highest BCUT2D eigenvalue weighted by Gasteiger charge is 2.22. The first-order valence-corrected chi connectivity index (χ1v) is 8.03. The van der Waals surface area contributed by atoms with E-state index in [0.717, 1.165) is 30.8 Å². The number of carbonyl (C=O) groups excluding carboxylic acids is 1. The van der Waals surface area contributed by atoms with Gasteiger partial charge in [-0.25, -0.2) is 9.50 Å². The van der Waals surface area contributed by atoms with E-state index in [-0.39, 0.29) is 18.1 Å². The smallest absolute Gasteiger partial charge is 0.221 e. The number of nitrogens with one attached hydrogen (secondary N) is 1. The van der Waals surface area contributed by atoms with Crippen LogP contribution in [0.15, 0.2) is 24.7 Å². The van der Waals surface area contributed by atoms with E-state index in [1.807, 2.05) is 12.3 Å². The molecule has 3 rings (SSSR count). The molecule has 0 aliphatic carbocycles. The first kappa shape index (κ1) is 15.9. The van der Waals surface area contributed by atoms with Crippen molar-refractivity contribution in [1.82, 2.24) is 24.8 Å². The Bertz CT molecular complexity index is 661. The Morgan fingerprint density at radius 1 is 1.39 bits per heavy atom. The van der Waals surface area contributed by atoms with Crippen molar-refractivity contribution in [3.05, 3.63) is 30.2 Å². The van der Waals surface area contributed by atoms with Gasteiger partial charge in [0.15, 0.2) is 5.65 Å². The van der Waals surface area contributed by atoms with E-state index in [2.05, 4.69) is 34.1 Å². The van der Waals surface area contributed by atoms with Crippen LogP contribution >= 0.6 is 0 Å². The maximum Gasteiger partial charge on any atom is 0.221 e. The Morgan fingerprint density at radius 3 is 2.96 bits per heavy atom. The Kier molecular flexibility index (Phi) is 4.88. The summed E-state index contributed by atoms with van der Waals surface area (Å²) in [4.78, 5) is 18.6. The first-order valence-electron chi connectivity index (χ1n) is 8.03. The fourth-order valence-corrected chi connectivity index (χ4v) is 3.01. The molecular formula is C16H23N5O2. The van der Waals surface area contributed by atoms with Crippen molar-refractivity contribution in [2.75, 3.05) is 19.6 Å². The normalized spacial score (nSPS) is 22.3. The van der Waals surface area contributed by atoms with Crippen LogP contribution in [0, 0.1) is 0 Å². The molecule has 1 N–H and O–H groups in total. The quantitative estimate of drug-likeness (QED) is 0.885. The number of aromatic nitrogens is 3. The summed E-state index contributed by atoms with van der Waals surface area (Å²) in [5.41, 5.74) is 1.70. The second-order valence-electron chi connectivity index (χ2n) is 6.10. The summed E-state index contributed by atoms with van der Waals surface area (Å²) in [7, 11) is 0. The molecule has 0 saturated carbocycles. The molecule has 124 valence electrons. The number of ether oxygens (including phenoxy) is 1. The lowest BCUT2D eigenvalue weighted by Crippen LogP contribution is -2.46. The van der Waals surface area contributed by atoms with Gasteiger partial charge in [-0.3, -0.25) is 9.69 Å². The van der Waals surface area contributed by atoms with Crippen molar-refractivity contribution in [2.24, 2.45) is 0 Å². The number of nitrogens with zero attached hydrogens (tertiary/aromatic N) is 4. The van der Waals surface area contributed by atoms with Crippen molar-refractivity contribution in [3.8, 4) is 0 Å². The third-order valence-corrected chi connectivity index (χ3v) is 3.98. The molecule has 1 fully saturated rings. The molecule has 1 aliphatic heterocycles. The molecule has 0 unspecified atom stereocenters. The summed E-state index contributed by atoms with van der Waals surface area (Å²) < 4.78 is 7.41. The average molecular weight is 317 g/mol. The molecule has 1 amide bonds. The second-order valence-corrected chi connectivity index (χ2v) is 6.10. The Labute approximate surface area is 135 Å². The fraction of sp³-hybridized carbons (Fsp3) is 0.562. The molecule has 7 heteroatoms. The number of morpholine rings is 1. The highest BCUT2D eigenvalue weighted by Crippen LogP contribution is 2.11. The lowest BCUT2D eigenvalue weighted by Gasteiger charge is -2.35. The number of amides is 1. The molecular weight excluding hydrogens is 294 g/mol. The number of rotatable bonds is 5. The Balaban J connectivity index is 1.46. The van der Waals surface area contributed by atoms with Gasteiger partial charge in [0.25, 0.3) is 0 Å². The van der Waals surface area contributed by atoms with Gasteiger partial charge in [-0.15, -0.1) is 0 Å². The van der Waals surface area contributed by atoms with E-state index in [1.54, 1.807) is 16.9 Å². The zero-order valence-corrected chi connectivity index (χ0v) is 13.6. The van der Waals surface area contributed by atoms with Crippen LogP contribution in [0.4, 0.5) is 0 Å². The molecule has 1 aliphatic rings. The predicted octanol–water partition coefficient (Wildman–Crippen LogP) is 0.845. The minimum absolute atomic E-state index is 0.0482.